The molecule has 2 aliphatic heterocycles. The Labute approximate surface area is 218 Å². The summed E-state index contributed by atoms with van der Waals surface area (Å²) in [7, 11) is 0. The first-order chi connectivity index (χ1) is 17.6. The number of nitrogens with zero attached hydrogens (tertiary/aromatic N) is 3. The summed E-state index contributed by atoms with van der Waals surface area (Å²) in [5.41, 5.74) is 4.96. The Morgan fingerprint density at radius 2 is 1.58 bits per heavy atom. The summed E-state index contributed by atoms with van der Waals surface area (Å²) in [6, 6.07) is 20.9. The maximum atomic E-state index is 13.4. The molecule has 1 aromatic heterocycles. The maximum Gasteiger partial charge on any atom is 0.236 e. The van der Waals surface area contributed by atoms with E-state index < -0.39 is 0 Å². The van der Waals surface area contributed by atoms with E-state index >= 15 is 0 Å². The van der Waals surface area contributed by atoms with E-state index in [9.17, 15) is 9.59 Å². The lowest BCUT2D eigenvalue weighted by molar-refractivity contribution is -0.141. The third kappa shape index (κ3) is 4.97. The molecule has 0 spiro atoms. The topological polar surface area (TPSA) is 43.9 Å². The summed E-state index contributed by atoms with van der Waals surface area (Å²) >= 11 is 1.82. The largest absolute Gasteiger partial charge is 0.339 e. The van der Waals surface area contributed by atoms with Crippen LogP contribution in [0.15, 0.2) is 66.0 Å². The molecule has 36 heavy (non-hydrogen) atoms. The van der Waals surface area contributed by atoms with Crippen molar-refractivity contribution in [2.24, 2.45) is 0 Å². The lowest BCUT2D eigenvalue weighted by Crippen LogP contribution is -2.54. The molecular formula is C30H35N3O2S. The second-order valence-corrected chi connectivity index (χ2v) is 10.9. The average molecular weight is 502 g/mol. The normalized spacial score (nSPS) is 19.1. The molecule has 2 atom stereocenters. The Bertz CT molecular complexity index is 1200. The minimum Gasteiger partial charge on any atom is -0.339 e. The van der Waals surface area contributed by atoms with Gasteiger partial charge in [0, 0.05) is 37.6 Å². The van der Waals surface area contributed by atoms with E-state index in [2.05, 4.69) is 54.5 Å². The summed E-state index contributed by atoms with van der Waals surface area (Å²) < 4.78 is 0. The van der Waals surface area contributed by atoms with Crippen LogP contribution in [0, 0.1) is 6.92 Å². The van der Waals surface area contributed by atoms with E-state index in [1.807, 2.05) is 51.5 Å². The molecule has 0 bridgehead atoms. The van der Waals surface area contributed by atoms with Gasteiger partial charge in [-0.25, -0.2) is 0 Å². The van der Waals surface area contributed by atoms with Crippen molar-refractivity contribution in [1.29, 1.82) is 0 Å². The Morgan fingerprint density at radius 3 is 2.31 bits per heavy atom. The first-order valence-corrected chi connectivity index (χ1v) is 13.9. The Morgan fingerprint density at radius 1 is 0.889 bits per heavy atom. The zero-order valence-electron chi connectivity index (χ0n) is 21.2. The number of hydrogen-bond acceptors (Lipinski definition) is 4. The molecular weight excluding hydrogens is 466 g/mol. The molecule has 0 saturated carbocycles. The number of rotatable bonds is 6. The summed E-state index contributed by atoms with van der Waals surface area (Å²) in [5, 5.41) is 2.18. The van der Waals surface area contributed by atoms with Gasteiger partial charge in [-0.3, -0.25) is 14.5 Å². The molecule has 0 N–H and O–H groups in total. The van der Waals surface area contributed by atoms with Crippen LogP contribution in [0.25, 0.3) is 0 Å². The smallest absolute Gasteiger partial charge is 0.236 e. The zero-order valence-corrected chi connectivity index (χ0v) is 22.0. The number of thiophene rings is 1. The molecule has 2 aromatic carbocycles. The van der Waals surface area contributed by atoms with Gasteiger partial charge in [0.05, 0.1) is 18.5 Å². The predicted molar refractivity (Wildman–Crippen MR) is 145 cm³/mol. The zero-order chi connectivity index (χ0) is 25.1. The standard InChI is InChI=1S/C30H35N3O2S/c1-3-24(23-10-5-4-6-11-23)30(35)32-18-16-31(17-19-32)28(34)21-33-15-13-27-26(14-20-36-27)29(33)25-12-8-7-9-22(25)2/h4-12,14,20,24,29H,3,13,15-19,21H2,1-2H3/t24-,29-/m0/s1. The van der Waals surface area contributed by atoms with Gasteiger partial charge in [-0.15, -0.1) is 11.3 Å². The fourth-order valence-electron chi connectivity index (χ4n) is 5.71. The molecule has 0 unspecified atom stereocenters. The van der Waals surface area contributed by atoms with Crippen molar-refractivity contribution in [2.75, 3.05) is 39.3 Å². The van der Waals surface area contributed by atoms with Gasteiger partial charge in [-0.2, -0.15) is 0 Å². The van der Waals surface area contributed by atoms with Crippen LogP contribution in [0.4, 0.5) is 0 Å². The van der Waals surface area contributed by atoms with Crippen molar-refractivity contribution in [3.8, 4) is 0 Å². The molecule has 5 nitrogen and oxygen atoms in total. The van der Waals surface area contributed by atoms with Gasteiger partial charge in [0.15, 0.2) is 0 Å². The van der Waals surface area contributed by atoms with E-state index in [1.165, 1.54) is 21.6 Å². The fourth-order valence-corrected chi connectivity index (χ4v) is 6.61. The summed E-state index contributed by atoms with van der Waals surface area (Å²) in [4.78, 5) is 34.4. The van der Waals surface area contributed by atoms with Crippen molar-refractivity contribution in [3.63, 3.8) is 0 Å². The second kappa shape index (κ2) is 11.0. The molecule has 5 rings (SSSR count). The first kappa shape index (κ1) is 24.7. The molecule has 0 radical (unpaired) electrons. The molecule has 1 saturated heterocycles. The maximum absolute atomic E-state index is 13.4. The van der Waals surface area contributed by atoms with E-state index in [0.717, 1.165) is 24.9 Å². The number of benzene rings is 2. The molecule has 3 heterocycles. The number of carbonyl (C=O) groups is 2. The summed E-state index contributed by atoms with van der Waals surface area (Å²) in [6.45, 7) is 7.91. The number of fused-ring (bicyclic) bond motifs is 1. The number of amides is 2. The Balaban J connectivity index is 1.24. The minimum absolute atomic E-state index is 0.114. The van der Waals surface area contributed by atoms with E-state index in [-0.39, 0.29) is 23.8 Å². The van der Waals surface area contributed by atoms with Crippen LogP contribution >= 0.6 is 11.3 Å². The first-order valence-electron chi connectivity index (χ1n) is 13.0. The quantitative estimate of drug-likeness (QED) is 0.484. The van der Waals surface area contributed by atoms with Gasteiger partial charge < -0.3 is 9.80 Å². The van der Waals surface area contributed by atoms with Gasteiger partial charge in [0.1, 0.15) is 0 Å². The number of aryl methyl sites for hydroxylation is 1. The van der Waals surface area contributed by atoms with Crippen molar-refractivity contribution in [2.45, 2.75) is 38.6 Å². The lowest BCUT2D eigenvalue weighted by atomic mass is 9.90. The average Bonchev–Trinajstić information content (AvgIpc) is 3.39. The number of hydrogen-bond donors (Lipinski definition) is 0. The van der Waals surface area contributed by atoms with Crippen LogP contribution in [0.5, 0.6) is 0 Å². The number of piperazine rings is 1. The molecule has 1 fully saturated rings. The van der Waals surface area contributed by atoms with Gasteiger partial charge in [0.25, 0.3) is 0 Å². The van der Waals surface area contributed by atoms with E-state index in [1.54, 1.807) is 0 Å². The molecule has 2 aliphatic rings. The Kier molecular flexibility index (Phi) is 7.54. The van der Waals surface area contributed by atoms with Crippen LogP contribution < -0.4 is 0 Å². The van der Waals surface area contributed by atoms with Gasteiger partial charge in [-0.1, -0.05) is 61.5 Å². The van der Waals surface area contributed by atoms with Crippen molar-refractivity contribution in [1.82, 2.24) is 14.7 Å². The lowest BCUT2D eigenvalue weighted by Gasteiger charge is -2.40. The monoisotopic (exact) mass is 501 g/mol. The SMILES string of the molecule is CC[C@H](C(=O)N1CCN(C(=O)CN2CCc3sccc3[C@@H]2c2ccccc2C)CC1)c1ccccc1. The van der Waals surface area contributed by atoms with Gasteiger partial charge in [-0.05, 0) is 53.5 Å². The fraction of sp³-hybridized carbons (Fsp3) is 0.400. The van der Waals surface area contributed by atoms with E-state index in [4.69, 9.17) is 0 Å². The highest BCUT2D eigenvalue weighted by atomic mass is 32.1. The Hall–Kier alpha value is -2.96. The van der Waals surface area contributed by atoms with Crippen molar-refractivity contribution in [3.05, 3.63) is 93.2 Å². The highest BCUT2D eigenvalue weighted by Gasteiger charge is 2.34. The van der Waals surface area contributed by atoms with Crippen LogP contribution in [0.2, 0.25) is 0 Å². The van der Waals surface area contributed by atoms with Crippen molar-refractivity contribution >= 4 is 23.2 Å². The van der Waals surface area contributed by atoms with E-state index in [0.29, 0.717) is 32.7 Å². The third-order valence-electron chi connectivity index (χ3n) is 7.74. The highest BCUT2D eigenvalue weighted by molar-refractivity contribution is 7.10. The second-order valence-electron chi connectivity index (χ2n) is 9.86. The molecule has 6 heteroatoms. The molecule has 188 valence electrons. The summed E-state index contributed by atoms with van der Waals surface area (Å²) in [6.07, 6.45) is 1.77. The predicted octanol–water partition coefficient (Wildman–Crippen LogP) is 4.87. The highest BCUT2D eigenvalue weighted by Crippen LogP contribution is 2.38. The molecule has 3 aromatic rings. The van der Waals surface area contributed by atoms with Crippen LogP contribution in [0.1, 0.15) is 52.4 Å². The minimum atomic E-state index is -0.114. The summed E-state index contributed by atoms with van der Waals surface area (Å²) in [5.74, 6) is 0.224. The van der Waals surface area contributed by atoms with Crippen LogP contribution in [-0.2, 0) is 16.0 Å². The third-order valence-corrected chi connectivity index (χ3v) is 8.74. The van der Waals surface area contributed by atoms with Crippen LogP contribution in [0.3, 0.4) is 0 Å². The molecule has 0 aliphatic carbocycles. The van der Waals surface area contributed by atoms with Gasteiger partial charge in [0.2, 0.25) is 11.8 Å². The van der Waals surface area contributed by atoms with Gasteiger partial charge >= 0.3 is 0 Å². The van der Waals surface area contributed by atoms with Crippen molar-refractivity contribution < 1.29 is 9.59 Å². The number of carbonyl (C=O) groups excluding carboxylic acids is 2. The molecule has 2 amide bonds. The van der Waals surface area contributed by atoms with Crippen LogP contribution in [-0.4, -0.2) is 65.8 Å².